The van der Waals surface area contributed by atoms with Gasteiger partial charge in [-0.3, -0.25) is 14.6 Å². The fourth-order valence-electron chi connectivity index (χ4n) is 5.06. The molecule has 2 aromatic rings. The second kappa shape index (κ2) is 10.1. The van der Waals surface area contributed by atoms with Gasteiger partial charge in [0.2, 0.25) is 11.7 Å². The van der Waals surface area contributed by atoms with Crippen molar-refractivity contribution in [3.8, 4) is 0 Å². The summed E-state index contributed by atoms with van der Waals surface area (Å²) in [4.78, 5) is 40.3. The number of piperidine rings is 1. The van der Waals surface area contributed by atoms with E-state index in [0.29, 0.717) is 12.4 Å². The fourth-order valence-corrected chi connectivity index (χ4v) is 5.06. The quantitative estimate of drug-likeness (QED) is 0.437. The van der Waals surface area contributed by atoms with E-state index in [0.717, 1.165) is 54.5 Å². The van der Waals surface area contributed by atoms with Gasteiger partial charge in [-0.1, -0.05) is 6.58 Å². The van der Waals surface area contributed by atoms with Crippen LogP contribution in [0.25, 0.3) is 0 Å². The van der Waals surface area contributed by atoms with E-state index >= 15 is 0 Å². The molecule has 0 aliphatic carbocycles. The molecule has 3 aliphatic heterocycles. The predicted octanol–water partition coefficient (Wildman–Crippen LogP) is 4.89. The van der Waals surface area contributed by atoms with Gasteiger partial charge in [0.15, 0.2) is 5.70 Å². The van der Waals surface area contributed by atoms with Crippen LogP contribution in [0.2, 0.25) is 0 Å². The summed E-state index contributed by atoms with van der Waals surface area (Å²) in [6.45, 7) is 4.27. The number of pyridine rings is 1. The number of allylic oxidation sites excluding steroid dienone is 1. The lowest BCUT2D eigenvalue weighted by Gasteiger charge is -2.35. The number of anilines is 1. The Hall–Kier alpha value is -4.38. The molecule has 2 atom stereocenters. The summed E-state index contributed by atoms with van der Waals surface area (Å²) in [5.41, 5.74) is 1.73. The summed E-state index contributed by atoms with van der Waals surface area (Å²) in [5.74, 6) is -0.225. The zero-order valence-corrected chi connectivity index (χ0v) is 21.2. The minimum atomic E-state index is -4.54. The van der Waals surface area contributed by atoms with Crippen molar-refractivity contribution >= 4 is 29.7 Å². The molecule has 2 unspecified atom stereocenters. The first kappa shape index (κ1) is 26.2. The van der Waals surface area contributed by atoms with Gasteiger partial charge in [-0.2, -0.15) is 18.2 Å². The molecule has 1 saturated heterocycles. The third kappa shape index (κ3) is 4.92. The smallest absolute Gasteiger partial charge is 0.330 e. The van der Waals surface area contributed by atoms with Crippen molar-refractivity contribution in [2.24, 2.45) is 9.98 Å². The SMILES string of the molecule is C=CC(=O)N1CCCCC1C1=C2C=NC=C[N+]2(C)C(c2ccc(C(=O)Nc3cc(C(F)(F)F)ccn3)cc2)=N1. The van der Waals surface area contributed by atoms with E-state index in [1.165, 1.54) is 6.08 Å². The number of carbonyl (C=O) groups excluding carboxylic acids is 2. The highest BCUT2D eigenvalue weighted by Crippen LogP contribution is 2.38. The monoisotopic (exact) mass is 535 g/mol. The van der Waals surface area contributed by atoms with E-state index < -0.39 is 17.6 Å². The van der Waals surface area contributed by atoms with Gasteiger partial charge < -0.3 is 10.2 Å². The van der Waals surface area contributed by atoms with Gasteiger partial charge in [0.25, 0.3) is 5.91 Å². The van der Waals surface area contributed by atoms with Gasteiger partial charge in [-0.05, 0) is 61.7 Å². The lowest BCUT2D eigenvalue weighted by atomic mass is 9.98. The lowest BCUT2D eigenvalue weighted by Crippen LogP contribution is -2.45. The number of alkyl halides is 3. The summed E-state index contributed by atoms with van der Waals surface area (Å²) >= 11 is 0. The summed E-state index contributed by atoms with van der Waals surface area (Å²) in [6, 6.07) is 8.06. The number of hydrogen-bond donors (Lipinski definition) is 1. The molecule has 0 spiro atoms. The maximum absolute atomic E-state index is 13.0. The van der Waals surface area contributed by atoms with Crippen LogP contribution >= 0.6 is 0 Å². The first-order chi connectivity index (χ1) is 18.6. The number of aliphatic imine (C=N–C) groups is 2. The van der Waals surface area contributed by atoms with Crippen molar-refractivity contribution in [3.63, 3.8) is 0 Å². The molecule has 0 radical (unpaired) electrons. The third-order valence-corrected chi connectivity index (χ3v) is 7.09. The second-order valence-corrected chi connectivity index (χ2v) is 9.56. The summed E-state index contributed by atoms with van der Waals surface area (Å²) in [7, 11) is 1.98. The van der Waals surface area contributed by atoms with E-state index in [1.54, 1.807) is 41.6 Å². The molecule has 39 heavy (non-hydrogen) atoms. The Balaban J connectivity index is 1.42. The molecule has 1 N–H and O–H groups in total. The van der Waals surface area contributed by atoms with Gasteiger partial charge in [0.1, 0.15) is 17.7 Å². The van der Waals surface area contributed by atoms with E-state index in [1.807, 2.05) is 13.2 Å². The molecular weight excluding hydrogens is 509 g/mol. The summed E-state index contributed by atoms with van der Waals surface area (Å²) in [6.07, 6.45) is 5.79. The Morgan fingerprint density at radius 2 is 1.95 bits per heavy atom. The molecule has 11 heteroatoms. The van der Waals surface area contributed by atoms with Crippen LogP contribution in [0.4, 0.5) is 19.0 Å². The molecule has 1 aromatic heterocycles. The number of quaternary nitrogens is 1. The summed E-state index contributed by atoms with van der Waals surface area (Å²) < 4.78 is 39.2. The number of halogens is 3. The van der Waals surface area contributed by atoms with Crippen molar-refractivity contribution in [3.05, 3.63) is 95.7 Å². The molecule has 1 aromatic carbocycles. The third-order valence-electron chi connectivity index (χ3n) is 7.09. The van der Waals surface area contributed by atoms with Gasteiger partial charge in [0.05, 0.1) is 36.6 Å². The maximum Gasteiger partial charge on any atom is 0.416 e. The van der Waals surface area contributed by atoms with E-state index in [2.05, 4.69) is 21.9 Å². The number of aromatic nitrogens is 1. The van der Waals surface area contributed by atoms with Crippen LogP contribution in [0.1, 0.15) is 40.7 Å². The van der Waals surface area contributed by atoms with E-state index in [9.17, 15) is 22.8 Å². The number of nitrogens with zero attached hydrogens (tertiary/aromatic N) is 5. The average Bonchev–Trinajstić information content (AvgIpc) is 3.25. The van der Waals surface area contributed by atoms with Crippen molar-refractivity contribution < 1.29 is 27.2 Å². The molecule has 1 fully saturated rings. The zero-order chi connectivity index (χ0) is 27.8. The Morgan fingerprint density at radius 1 is 1.18 bits per heavy atom. The van der Waals surface area contributed by atoms with Gasteiger partial charge in [-0.25, -0.2) is 9.47 Å². The number of fused-ring (bicyclic) bond motifs is 1. The number of likely N-dealkylation sites (tertiary alicyclic amines) is 1. The molecule has 2 amide bonds. The van der Waals surface area contributed by atoms with Gasteiger partial charge >= 0.3 is 6.18 Å². The molecule has 5 rings (SSSR count). The molecule has 0 bridgehead atoms. The molecule has 0 saturated carbocycles. The Labute approximate surface area is 223 Å². The average molecular weight is 536 g/mol. The molecule has 4 heterocycles. The van der Waals surface area contributed by atoms with Crippen LogP contribution in [0.3, 0.4) is 0 Å². The topological polar surface area (TPSA) is 87.0 Å². The number of rotatable bonds is 5. The number of amidine groups is 1. The number of benzene rings is 1. The first-order valence-electron chi connectivity index (χ1n) is 12.4. The summed E-state index contributed by atoms with van der Waals surface area (Å²) in [5, 5.41) is 2.42. The van der Waals surface area contributed by atoms with Crippen LogP contribution < -0.4 is 5.32 Å². The molecule has 3 aliphatic rings. The fraction of sp³-hybridized carbons (Fsp3) is 0.250. The normalized spacial score (nSPS) is 22.4. The van der Waals surface area contributed by atoms with Crippen LogP contribution in [0.5, 0.6) is 0 Å². The van der Waals surface area contributed by atoms with Crippen LogP contribution in [-0.4, -0.2) is 57.9 Å². The Bertz CT molecular complexity index is 1460. The van der Waals surface area contributed by atoms with Crippen molar-refractivity contribution in [2.45, 2.75) is 31.5 Å². The predicted molar refractivity (Wildman–Crippen MR) is 141 cm³/mol. The van der Waals surface area contributed by atoms with Gasteiger partial charge in [0, 0.05) is 18.3 Å². The van der Waals surface area contributed by atoms with Gasteiger partial charge in [-0.15, -0.1) is 0 Å². The van der Waals surface area contributed by atoms with E-state index in [-0.39, 0.29) is 27.8 Å². The highest BCUT2D eigenvalue weighted by Gasteiger charge is 2.46. The minimum Gasteiger partial charge on any atom is -0.330 e. The lowest BCUT2D eigenvalue weighted by molar-refractivity contribution is -0.713. The molecular formula is C28H26F3N6O2+. The van der Waals surface area contributed by atoms with Crippen molar-refractivity contribution in [1.82, 2.24) is 9.88 Å². The highest BCUT2D eigenvalue weighted by atomic mass is 19.4. The van der Waals surface area contributed by atoms with Crippen LogP contribution in [0.15, 0.2) is 89.0 Å². The van der Waals surface area contributed by atoms with Crippen molar-refractivity contribution in [2.75, 3.05) is 18.9 Å². The Kier molecular flexibility index (Phi) is 6.77. The standard InChI is InChI=1S/C28H25F3N6O2/c1-3-24(38)36-14-5-4-6-21(36)25-22-17-32-13-15-37(22,2)26(35-25)18-7-9-19(10-8-18)27(39)34-23-16-20(11-12-33-23)28(29,30)31/h3,7-13,15-17,21H,1,4-6,14H2,2H3/p+1. The Morgan fingerprint density at radius 3 is 2.67 bits per heavy atom. The zero-order valence-electron chi connectivity index (χ0n) is 21.2. The maximum atomic E-state index is 13.0. The largest absolute Gasteiger partial charge is 0.416 e. The van der Waals surface area contributed by atoms with E-state index in [4.69, 9.17) is 4.99 Å². The second-order valence-electron chi connectivity index (χ2n) is 9.56. The number of carbonyl (C=O) groups is 2. The molecule has 8 nitrogen and oxygen atoms in total. The van der Waals surface area contributed by atoms with Crippen LogP contribution in [0, 0.1) is 0 Å². The highest BCUT2D eigenvalue weighted by molar-refractivity contribution is 6.05. The van der Waals surface area contributed by atoms with Crippen molar-refractivity contribution in [1.29, 1.82) is 0 Å². The number of nitrogens with one attached hydrogen (secondary N) is 1. The molecule has 200 valence electrons. The minimum absolute atomic E-state index is 0.139. The number of hydrogen-bond acceptors (Lipinski definition) is 5. The number of amides is 2. The van der Waals surface area contributed by atoms with Crippen LogP contribution in [-0.2, 0) is 11.0 Å². The first-order valence-corrected chi connectivity index (χ1v) is 12.4.